The lowest BCUT2D eigenvalue weighted by Gasteiger charge is -2.00. The van der Waals surface area contributed by atoms with Gasteiger partial charge in [0.2, 0.25) is 0 Å². The molecule has 0 unspecified atom stereocenters. The van der Waals surface area contributed by atoms with Crippen LogP contribution in [-0.2, 0) is 6.54 Å². The van der Waals surface area contributed by atoms with E-state index in [1.54, 1.807) is 23.6 Å². The summed E-state index contributed by atoms with van der Waals surface area (Å²) in [7, 11) is 0. The van der Waals surface area contributed by atoms with E-state index < -0.39 is 0 Å². The van der Waals surface area contributed by atoms with Crippen molar-refractivity contribution in [3.63, 3.8) is 0 Å². The number of thiazole rings is 1. The highest BCUT2D eigenvalue weighted by atomic mass is 32.1. The van der Waals surface area contributed by atoms with Crippen LogP contribution in [0.15, 0.2) is 23.1 Å². The van der Waals surface area contributed by atoms with E-state index in [0.29, 0.717) is 6.54 Å². The van der Waals surface area contributed by atoms with Crippen molar-refractivity contribution in [2.75, 3.05) is 0 Å². The molecule has 0 fully saturated rings. The molecule has 0 saturated heterocycles. The Morgan fingerprint density at radius 3 is 2.87 bits per heavy atom. The molecule has 15 heavy (non-hydrogen) atoms. The zero-order valence-electron chi connectivity index (χ0n) is 8.60. The second-order valence-corrected chi connectivity index (χ2v) is 4.55. The number of rotatable bonds is 2. The summed E-state index contributed by atoms with van der Waals surface area (Å²) in [5.41, 5.74) is 0.901. The fraction of sp³-hybridized carbons (Fsp3) is 0.300. The van der Waals surface area contributed by atoms with Crippen LogP contribution in [0.1, 0.15) is 15.6 Å². The normalized spacial score (nSPS) is 10.5. The Hall–Kier alpha value is -1.49. The molecule has 2 rings (SSSR count). The summed E-state index contributed by atoms with van der Waals surface area (Å²) >= 11 is 1.61. The Balaban J connectivity index is 2.34. The van der Waals surface area contributed by atoms with Crippen LogP contribution >= 0.6 is 11.3 Å². The summed E-state index contributed by atoms with van der Waals surface area (Å²) < 4.78 is 1.44. The molecular weight excluding hydrogens is 210 g/mol. The van der Waals surface area contributed by atoms with Gasteiger partial charge in [-0.1, -0.05) is 0 Å². The first-order chi connectivity index (χ1) is 7.16. The van der Waals surface area contributed by atoms with Crippen molar-refractivity contribution in [1.82, 2.24) is 14.8 Å². The highest BCUT2D eigenvalue weighted by Crippen LogP contribution is 2.17. The Kier molecular flexibility index (Phi) is 2.64. The average Bonchev–Trinajstić information content (AvgIpc) is 2.49. The van der Waals surface area contributed by atoms with E-state index in [1.807, 2.05) is 13.8 Å². The molecule has 0 saturated carbocycles. The Bertz CT molecular complexity index is 529. The SMILES string of the molecule is Cc1nc(C)c(Cn2ncccc2=O)s1. The van der Waals surface area contributed by atoms with Crippen molar-refractivity contribution < 1.29 is 0 Å². The predicted molar refractivity (Wildman–Crippen MR) is 59.2 cm³/mol. The van der Waals surface area contributed by atoms with Gasteiger partial charge in [-0.3, -0.25) is 4.79 Å². The lowest BCUT2D eigenvalue weighted by molar-refractivity contribution is 0.642. The van der Waals surface area contributed by atoms with Gasteiger partial charge in [0.15, 0.2) is 0 Å². The number of aryl methyl sites for hydroxylation is 2. The fourth-order valence-electron chi connectivity index (χ4n) is 1.36. The van der Waals surface area contributed by atoms with Gasteiger partial charge in [0, 0.05) is 17.1 Å². The van der Waals surface area contributed by atoms with E-state index in [1.165, 1.54) is 10.7 Å². The van der Waals surface area contributed by atoms with Gasteiger partial charge in [-0.15, -0.1) is 11.3 Å². The summed E-state index contributed by atoms with van der Waals surface area (Å²) in [6.07, 6.45) is 1.62. The Labute approximate surface area is 91.2 Å². The maximum Gasteiger partial charge on any atom is 0.267 e. The van der Waals surface area contributed by atoms with Crippen LogP contribution in [0, 0.1) is 13.8 Å². The van der Waals surface area contributed by atoms with Gasteiger partial charge in [-0.2, -0.15) is 5.10 Å². The third-order valence-corrected chi connectivity index (χ3v) is 3.14. The molecule has 0 aliphatic heterocycles. The van der Waals surface area contributed by atoms with Gasteiger partial charge in [0.05, 0.1) is 17.2 Å². The molecule has 2 aromatic heterocycles. The molecule has 0 aliphatic carbocycles. The third-order valence-electron chi connectivity index (χ3n) is 2.08. The largest absolute Gasteiger partial charge is 0.268 e. The molecule has 78 valence electrons. The topological polar surface area (TPSA) is 47.8 Å². The molecule has 2 aromatic rings. The number of aromatic nitrogens is 3. The molecule has 5 heteroatoms. The molecule has 0 aliphatic rings. The van der Waals surface area contributed by atoms with Gasteiger partial charge in [0.1, 0.15) is 0 Å². The van der Waals surface area contributed by atoms with Gasteiger partial charge in [-0.05, 0) is 19.9 Å². The first kappa shape index (κ1) is 10.0. The lowest BCUT2D eigenvalue weighted by Crippen LogP contribution is -2.21. The highest BCUT2D eigenvalue weighted by Gasteiger charge is 2.06. The molecule has 0 radical (unpaired) electrons. The van der Waals surface area contributed by atoms with Crippen molar-refractivity contribution in [1.29, 1.82) is 0 Å². The summed E-state index contributed by atoms with van der Waals surface area (Å²) in [5.74, 6) is 0. The Morgan fingerprint density at radius 2 is 2.27 bits per heavy atom. The van der Waals surface area contributed by atoms with Crippen LogP contribution in [0.5, 0.6) is 0 Å². The maximum absolute atomic E-state index is 11.4. The highest BCUT2D eigenvalue weighted by molar-refractivity contribution is 7.11. The van der Waals surface area contributed by atoms with Crippen molar-refractivity contribution in [3.8, 4) is 0 Å². The van der Waals surface area contributed by atoms with E-state index >= 15 is 0 Å². The molecule has 0 amide bonds. The molecule has 0 aromatic carbocycles. The molecular formula is C10H11N3OS. The van der Waals surface area contributed by atoms with Crippen LogP contribution in [0.25, 0.3) is 0 Å². The standard InChI is InChI=1S/C10H11N3OS/c1-7-9(15-8(2)12-7)6-13-10(14)4-3-5-11-13/h3-5H,6H2,1-2H3. The van der Waals surface area contributed by atoms with Crippen LogP contribution in [0.4, 0.5) is 0 Å². The van der Waals surface area contributed by atoms with Gasteiger partial charge in [0.25, 0.3) is 5.56 Å². The lowest BCUT2D eigenvalue weighted by atomic mass is 10.4. The second-order valence-electron chi connectivity index (χ2n) is 3.26. The molecule has 2 heterocycles. The zero-order valence-corrected chi connectivity index (χ0v) is 9.41. The minimum atomic E-state index is -0.0806. The molecule has 0 bridgehead atoms. The average molecular weight is 221 g/mol. The number of hydrogen-bond acceptors (Lipinski definition) is 4. The first-order valence-electron chi connectivity index (χ1n) is 4.62. The van der Waals surface area contributed by atoms with E-state index in [9.17, 15) is 4.79 Å². The minimum Gasteiger partial charge on any atom is -0.268 e. The second kappa shape index (κ2) is 3.94. The van der Waals surface area contributed by atoms with Crippen LogP contribution in [-0.4, -0.2) is 14.8 Å². The van der Waals surface area contributed by atoms with Crippen LogP contribution in [0.3, 0.4) is 0 Å². The van der Waals surface area contributed by atoms with E-state index in [4.69, 9.17) is 0 Å². The fourth-order valence-corrected chi connectivity index (χ4v) is 2.28. The number of nitrogens with zero attached hydrogens (tertiary/aromatic N) is 3. The van der Waals surface area contributed by atoms with Crippen molar-refractivity contribution in [2.24, 2.45) is 0 Å². The van der Waals surface area contributed by atoms with Crippen molar-refractivity contribution in [3.05, 3.63) is 44.3 Å². The van der Waals surface area contributed by atoms with Crippen molar-refractivity contribution >= 4 is 11.3 Å². The van der Waals surface area contributed by atoms with E-state index in [2.05, 4.69) is 10.1 Å². The third kappa shape index (κ3) is 2.12. The minimum absolute atomic E-state index is 0.0806. The molecule has 0 atom stereocenters. The van der Waals surface area contributed by atoms with E-state index in [-0.39, 0.29) is 5.56 Å². The van der Waals surface area contributed by atoms with Gasteiger partial charge < -0.3 is 0 Å². The monoisotopic (exact) mass is 221 g/mol. The number of hydrogen-bond donors (Lipinski definition) is 0. The smallest absolute Gasteiger partial charge is 0.267 e. The van der Waals surface area contributed by atoms with Gasteiger partial charge in [-0.25, -0.2) is 9.67 Å². The Morgan fingerprint density at radius 1 is 1.47 bits per heavy atom. The predicted octanol–water partition coefficient (Wildman–Crippen LogP) is 1.36. The summed E-state index contributed by atoms with van der Waals surface area (Å²) in [6.45, 7) is 4.42. The van der Waals surface area contributed by atoms with Crippen LogP contribution in [0.2, 0.25) is 0 Å². The summed E-state index contributed by atoms with van der Waals surface area (Å²) in [5, 5.41) is 5.03. The first-order valence-corrected chi connectivity index (χ1v) is 5.43. The molecule has 4 nitrogen and oxygen atoms in total. The van der Waals surface area contributed by atoms with Crippen molar-refractivity contribution in [2.45, 2.75) is 20.4 Å². The van der Waals surface area contributed by atoms with Crippen LogP contribution < -0.4 is 5.56 Å². The quantitative estimate of drug-likeness (QED) is 0.769. The summed E-state index contributed by atoms with van der Waals surface area (Å²) in [6, 6.07) is 3.15. The zero-order chi connectivity index (χ0) is 10.8. The molecule has 0 N–H and O–H groups in total. The molecule has 0 spiro atoms. The van der Waals surface area contributed by atoms with E-state index in [0.717, 1.165) is 15.6 Å². The summed E-state index contributed by atoms with van der Waals surface area (Å²) in [4.78, 5) is 16.8. The van der Waals surface area contributed by atoms with Gasteiger partial charge >= 0.3 is 0 Å². The maximum atomic E-state index is 11.4.